The van der Waals surface area contributed by atoms with E-state index in [1.807, 2.05) is 65.0 Å². The van der Waals surface area contributed by atoms with Crippen molar-refractivity contribution in [3.8, 4) is 0 Å². The number of hydrogen-bond donors (Lipinski definition) is 0. The average Bonchev–Trinajstić information content (AvgIpc) is 2.99. The fourth-order valence-electron chi connectivity index (χ4n) is 2.67. The van der Waals surface area contributed by atoms with Crippen molar-refractivity contribution >= 4 is 18.2 Å². The highest BCUT2D eigenvalue weighted by Crippen LogP contribution is 2.14. The van der Waals surface area contributed by atoms with Gasteiger partial charge < -0.3 is 4.65 Å². The van der Waals surface area contributed by atoms with E-state index < -0.39 is 0 Å². The first kappa shape index (κ1) is 20.2. The van der Waals surface area contributed by atoms with Gasteiger partial charge in [0.2, 0.25) is 0 Å². The molecular weight excluding hydrogens is 295 g/mol. The summed E-state index contributed by atoms with van der Waals surface area (Å²) in [6.45, 7) is 12.9. The molecule has 128 valence electrons. The first-order valence-electron chi connectivity index (χ1n) is 8.96. The summed E-state index contributed by atoms with van der Waals surface area (Å²) < 4.78 is 5.60. The van der Waals surface area contributed by atoms with Gasteiger partial charge in [-0.05, 0) is 29.6 Å². The molecule has 0 saturated carbocycles. The van der Waals surface area contributed by atoms with Gasteiger partial charge in [-0.3, -0.25) is 4.79 Å². The lowest BCUT2D eigenvalue weighted by atomic mass is 9.64. The maximum atomic E-state index is 12.3. The average molecular weight is 324 g/mol. The smallest absolute Gasteiger partial charge is 0.324 e. The van der Waals surface area contributed by atoms with Crippen molar-refractivity contribution in [1.82, 2.24) is 0 Å². The molecule has 2 aromatic rings. The molecule has 2 nitrogen and oxygen atoms in total. The first-order valence-corrected chi connectivity index (χ1v) is 8.96. The highest BCUT2D eigenvalue weighted by atomic mass is 16.4. The second-order valence-electron chi connectivity index (χ2n) is 5.46. The molecular formula is C21H29BO2. The summed E-state index contributed by atoms with van der Waals surface area (Å²) in [5.74, 6) is 0.167. The maximum Gasteiger partial charge on any atom is 0.324 e. The van der Waals surface area contributed by atoms with E-state index in [-0.39, 0.29) is 12.7 Å². The van der Waals surface area contributed by atoms with Crippen molar-refractivity contribution in [2.45, 2.75) is 54.5 Å². The van der Waals surface area contributed by atoms with E-state index in [9.17, 15) is 4.79 Å². The Bertz CT molecular complexity index is 665. The third kappa shape index (κ3) is 5.07. The predicted octanol–water partition coefficient (Wildman–Crippen LogP) is 4.83. The van der Waals surface area contributed by atoms with Gasteiger partial charge in [-0.1, -0.05) is 76.5 Å². The fraction of sp³-hybridized carbons (Fsp3) is 0.381. The summed E-state index contributed by atoms with van der Waals surface area (Å²) >= 11 is 0. The van der Waals surface area contributed by atoms with Crippen molar-refractivity contribution in [2.24, 2.45) is 0 Å². The number of fused-ring (bicyclic) bond motifs is 1. The molecule has 0 radical (unpaired) electrons. The molecule has 1 aliphatic rings. The van der Waals surface area contributed by atoms with E-state index >= 15 is 0 Å². The van der Waals surface area contributed by atoms with Gasteiger partial charge in [-0.25, -0.2) is 0 Å². The third-order valence-corrected chi connectivity index (χ3v) is 3.84. The summed E-state index contributed by atoms with van der Waals surface area (Å²) in [5, 5.41) is 0. The van der Waals surface area contributed by atoms with Gasteiger partial charge >= 0.3 is 6.92 Å². The van der Waals surface area contributed by atoms with Crippen LogP contribution in [0, 0.1) is 6.92 Å². The molecule has 0 atom stereocenters. The van der Waals surface area contributed by atoms with Crippen LogP contribution in [0.4, 0.5) is 0 Å². The molecule has 1 aliphatic heterocycles. The zero-order valence-electron chi connectivity index (χ0n) is 15.8. The summed E-state index contributed by atoms with van der Waals surface area (Å²) in [4.78, 5) is 12.3. The van der Waals surface area contributed by atoms with Crippen molar-refractivity contribution in [1.29, 1.82) is 0 Å². The topological polar surface area (TPSA) is 26.3 Å². The zero-order valence-corrected chi connectivity index (χ0v) is 15.8. The Morgan fingerprint density at radius 3 is 2.46 bits per heavy atom. The zero-order chi connectivity index (χ0) is 18.1. The molecule has 0 saturated heterocycles. The minimum atomic E-state index is 0.138. The number of carbonyl (C=O) groups excluding carboxylic acids is 1. The lowest BCUT2D eigenvalue weighted by Crippen LogP contribution is -2.24. The Morgan fingerprint density at radius 2 is 1.79 bits per heavy atom. The summed E-state index contributed by atoms with van der Waals surface area (Å²) in [7, 11) is 0. The SMILES string of the molecule is CB1OCc2ccc(CC(=O)c3cccc(C)c3)cc21.CC.CC. The van der Waals surface area contributed by atoms with Crippen LogP contribution in [0.1, 0.15) is 54.7 Å². The Kier molecular flexibility index (Phi) is 8.49. The monoisotopic (exact) mass is 324 g/mol. The fourth-order valence-corrected chi connectivity index (χ4v) is 2.67. The second kappa shape index (κ2) is 10.1. The van der Waals surface area contributed by atoms with E-state index in [0.29, 0.717) is 13.0 Å². The van der Waals surface area contributed by atoms with Crippen LogP contribution in [0.25, 0.3) is 0 Å². The van der Waals surface area contributed by atoms with Crippen LogP contribution in [0.3, 0.4) is 0 Å². The van der Waals surface area contributed by atoms with Crippen LogP contribution in [0.2, 0.25) is 6.82 Å². The largest absolute Gasteiger partial charge is 0.427 e. The number of ketones is 1. The predicted molar refractivity (Wildman–Crippen MR) is 104 cm³/mol. The normalized spacial score (nSPS) is 11.7. The molecule has 0 unspecified atom stereocenters. The highest BCUT2D eigenvalue weighted by Gasteiger charge is 2.23. The third-order valence-electron chi connectivity index (χ3n) is 3.84. The van der Waals surface area contributed by atoms with E-state index in [1.165, 1.54) is 11.0 Å². The van der Waals surface area contributed by atoms with Gasteiger partial charge in [0.05, 0.1) is 6.61 Å². The first-order chi connectivity index (χ1) is 11.6. The molecule has 0 aromatic heterocycles. The maximum absolute atomic E-state index is 12.3. The molecule has 0 aliphatic carbocycles. The molecule has 0 N–H and O–H groups in total. The molecule has 0 amide bonds. The van der Waals surface area contributed by atoms with Crippen LogP contribution < -0.4 is 5.46 Å². The molecule has 2 aromatic carbocycles. The molecule has 0 spiro atoms. The minimum Gasteiger partial charge on any atom is -0.427 e. The Morgan fingerprint density at radius 1 is 1.08 bits per heavy atom. The number of Topliss-reactive ketones (excluding diaryl/α,β-unsaturated/α-hetero) is 1. The number of aryl methyl sites for hydroxylation is 1. The Labute approximate surface area is 147 Å². The van der Waals surface area contributed by atoms with E-state index in [0.717, 1.165) is 16.7 Å². The highest BCUT2D eigenvalue weighted by molar-refractivity contribution is 6.67. The molecule has 0 fully saturated rings. The molecule has 3 heteroatoms. The van der Waals surface area contributed by atoms with Crippen LogP contribution in [-0.4, -0.2) is 12.7 Å². The van der Waals surface area contributed by atoms with Gasteiger partial charge in [-0.15, -0.1) is 0 Å². The van der Waals surface area contributed by atoms with Crippen LogP contribution in [0.15, 0.2) is 42.5 Å². The van der Waals surface area contributed by atoms with Crippen LogP contribution >= 0.6 is 0 Å². The lowest BCUT2D eigenvalue weighted by Gasteiger charge is -2.06. The minimum absolute atomic E-state index is 0.138. The van der Waals surface area contributed by atoms with E-state index in [4.69, 9.17) is 4.65 Å². The Hall–Kier alpha value is -1.87. The van der Waals surface area contributed by atoms with Crippen LogP contribution in [-0.2, 0) is 17.7 Å². The summed E-state index contributed by atoms with van der Waals surface area (Å²) in [6, 6.07) is 14.0. The number of rotatable bonds is 3. The van der Waals surface area contributed by atoms with Gasteiger partial charge in [0, 0.05) is 12.0 Å². The van der Waals surface area contributed by atoms with Gasteiger partial charge in [0.15, 0.2) is 5.78 Å². The Balaban J connectivity index is 0.000000671. The molecule has 24 heavy (non-hydrogen) atoms. The van der Waals surface area contributed by atoms with Crippen molar-refractivity contribution in [3.05, 3.63) is 64.7 Å². The van der Waals surface area contributed by atoms with Gasteiger partial charge in [0.25, 0.3) is 0 Å². The van der Waals surface area contributed by atoms with Gasteiger partial charge in [-0.2, -0.15) is 0 Å². The van der Waals surface area contributed by atoms with E-state index in [1.54, 1.807) is 0 Å². The van der Waals surface area contributed by atoms with Gasteiger partial charge in [0.1, 0.15) is 0 Å². The van der Waals surface area contributed by atoms with Crippen molar-refractivity contribution in [2.75, 3.05) is 0 Å². The van der Waals surface area contributed by atoms with Crippen molar-refractivity contribution in [3.63, 3.8) is 0 Å². The lowest BCUT2D eigenvalue weighted by molar-refractivity contribution is 0.0993. The number of carbonyl (C=O) groups is 1. The summed E-state index contributed by atoms with van der Waals surface area (Å²) in [5.41, 5.74) is 5.43. The molecule has 0 bridgehead atoms. The van der Waals surface area contributed by atoms with E-state index in [2.05, 4.69) is 19.0 Å². The number of benzene rings is 2. The molecule has 1 heterocycles. The molecule has 3 rings (SSSR count). The number of hydrogen-bond acceptors (Lipinski definition) is 2. The quantitative estimate of drug-likeness (QED) is 0.597. The summed E-state index contributed by atoms with van der Waals surface area (Å²) in [6.07, 6.45) is 0.448. The van der Waals surface area contributed by atoms with Crippen molar-refractivity contribution < 1.29 is 9.45 Å². The standard InChI is InChI=1S/C17H17BO2.2C2H6/c1-12-4-3-5-14(8-12)17(19)10-13-6-7-15-11-20-18(2)16(15)9-13;2*1-2/h3-9H,10-11H2,1-2H3;2*1-2H3. The van der Waals surface area contributed by atoms with Crippen LogP contribution in [0.5, 0.6) is 0 Å². The second-order valence-corrected chi connectivity index (χ2v) is 5.46.